The first-order valence-electron chi connectivity index (χ1n) is 7.23. The SMILES string of the molecule is CCOC(=O)c1coc(-c2ccc(NCc3cnc(Cl)s3)cc2)n1. The highest BCUT2D eigenvalue weighted by atomic mass is 35.5. The quantitative estimate of drug-likeness (QED) is 0.660. The molecule has 0 radical (unpaired) electrons. The van der Waals surface area contributed by atoms with Crippen LogP contribution in [0.5, 0.6) is 0 Å². The van der Waals surface area contributed by atoms with E-state index in [1.165, 1.54) is 17.6 Å². The molecular weight excluding hydrogens is 350 g/mol. The Morgan fingerprint density at radius 3 is 2.83 bits per heavy atom. The lowest BCUT2D eigenvalue weighted by atomic mass is 10.2. The number of hydrogen-bond acceptors (Lipinski definition) is 7. The summed E-state index contributed by atoms with van der Waals surface area (Å²) in [6.07, 6.45) is 3.05. The fourth-order valence-electron chi connectivity index (χ4n) is 1.99. The van der Waals surface area contributed by atoms with Crippen molar-refractivity contribution in [3.8, 4) is 11.5 Å². The second-order valence-electron chi connectivity index (χ2n) is 4.77. The number of benzene rings is 1. The van der Waals surface area contributed by atoms with E-state index in [4.69, 9.17) is 20.8 Å². The number of halogens is 1. The highest BCUT2D eigenvalue weighted by molar-refractivity contribution is 7.15. The van der Waals surface area contributed by atoms with Gasteiger partial charge in [-0.25, -0.2) is 14.8 Å². The lowest BCUT2D eigenvalue weighted by molar-refractivity contribution is 0.0519. The molecule has 1 N–H and O–H groups in total. The summed E-state index contributed by atoms with van der Waals surface area (Å²) in [7, 11) is 0. The molecule has 0 amide bonds. The Bertz CT molecular complexity index is 829. The number of aromatic nitrogens is 2. The van der Waals surface area contributed by atoms with Crippen LogP contribution in [0.15, 0.2) is 41.1 Å². The molecule has 1 aromatic carbocycles. The van der Waals surface area contributed by atoms with Gasteiger partial charge in [0.15, 0.2) is 10.2 Å². The molecule has 0 saturated heterocycles. The van der Waals surface area contributed by atoms with Crippen molar-refractivity contribution in [2.75, 3.05) is 11.9 Å². The van der Waals surface area contributed by atoms with Crippen LogP contribution in [0.1, 0.15) is 22.3 Å². The number of anilines is 1. The number of oxazole rings is 1. The van der Waals surface area contributed by atoms with Crippen LogP contribution in [0.4, 0.5) is 5.69 Å². The van der Waals surface area contributed by atoms with E-state index < -0.39 is 5.97 Å². The summed E-state index contributed by atoms with van der Waals surface area (Å²) in [4.78, 5) is 20.8. The van der Waals surface area contributed by atoms with Gasteiger partial charge < -0.3 is 14.5 Å². The number of carbonyl (C=O) groups is 1. The van der Waals surface area contributed by atoms with Gasteiger partial charge in [0.25, 0.3) is 0 Å². The van der Waals surface area contributed by atoms with Crippen molar-refractivity contribution in [1.29, 1.82) is 0 Å². The highest BCUT2D eigenvalue weighted by Gasteiger charge is 2.14. The van der Waals surface area contributed by atoms with Gasteiger partial charge in [0.05, 0.1) is 13.2 Å². The number of hydrogen-bond donors (Lipinski definition) is 1. The molecule has 3 rings (SSSR count). The third-order valence-corrected chi connectivity index (χ3v) is 4.23. The Kier molecular flexibility index (Phi) is 5.12. The van der Waals surface area contributed by atoms with Gasteiger partial charge in [0.2, 0.25) is 5.89 Å². The summed E-state index contributed by atoms with van der Waals surface area (Å²) >= 11 is 7.24. The maximum atomic E-state index is 11.6. The van der Waals surface area contributed by atoms with Gasteiger partial charge in [-0.3, -0.25) is 0 Å². The molecule has 0 aliphatic heterocycles. The Hall–Kier alpha value is -2.38. The molecule has 3 aromatic rings. The summed E-state index contributed by atoms with van der Waals surface area (Å²) in [5.74, 6) is -0.118. The smallest absolute Gasteiger partial charge is 0.360 e. The zero-order valence-corrected chi connectivity index (χ0v) is 14.4. The molecule has 8 heteroatoms. The standard InChI is InChI=1S/C16H14ClN3O3S/c1-2-22-15(21)13-9-23-14(20-13)10-3-5-11(6-4-10)18-7-12-8-19-16(17)24-12/h3-6,8-9,18H,2,7H2,1H3. The number of rotatable bonds is 6. The van der Waals surface area contributed by atoms with Crippen molar-refractivity contribution in [2.45, 2.75) is 13.5 Å². The van der Waals surface area contributed by atoms with Crippen molar-refractivity contribution < 1.29 is 13.9 Å². The van der Waals surface area contributed by atoms with E-state index in [2.05, 4.69) is 15.3 Å². The fraction of sp³-hybridized carbons (Fsp3) is 0.188. The van der Waals surface area contributed by atoms with Gasteiger partial charge in [0.1, 0.15) is 6.26 Å². The molecule has 0 bridgehead atoms. The first kappa shape index (κ1) is 16.5. The molecule has 24 heavy (non-hydrogen) atoms. The zero-order valence-electron chi connectivity index (χ0n) is 12.8. The summed E-state index contributed by atoms with van der Waals surface area (Å²) in [5, 5.41) is 3.28. The number of esters is 1. The number of nitrogens with one attached hydrogen (secondary N) is 1. The molecule has 124 valence electrons. The van der Waals surface area contributed by atoms with Crippen LogP contribution < -0.4 is 5.32 Å². The Morgan fingerprint density at radius 2 is 2.17 bits per heavy atom. The van der Waals surface area contributed by atoms with Gasteiger partial charge in [0, 0.05) is 22.3 Å². The second kappa shape index (κ2) is 7.46. The predicted octanol–water partition coefficient (Wildman–Crippen LogP) is 4.24. The highest BCUT2D eigenvalue weighted by Crippen LogP contribution is 2.23. The molecule has 0 spiro atoms. The second-order valence-corrected chi connectivity index (χ2v) is 6.47. The minimum absolute atomic E-state index is 0.163. The molecule has 0 aliphatic carbocycles. The minimum Gasteiger partial charge on any atom is -0.461 e. The number of nitrogens with zero attached hydrogens (tertiary/aromatic N) is 2. The van der Waals surface area contributed by atoms with Crippen molar-refractivity contribution >= 4 is 34.6 Å². The third-order valence-electron chi connectivity index (χ3n) is 3.11. The van der Waals surface area contributed by atoms with Crippen LogP contribution in [0.25, 0.3) is 11.5 Å². The Balaban J connectivity index is 1.64. The van der Waals surface area contributed by atoms with Crippen LogP contribution in [-0.4, -0.2) is 22.5 Å². The lowest BCUT2D eigenvalue weighted by Gasteiger charge is -2.04. The fourth-order valence-corrected chi connectivity index (χ4v) is 2.91. The van der Waals surface area contributed by atoms with Crippen LogP contribution in [0.2, 0.25) is 4.47 Å². The van der Waals surface area contributed by atoms with E-state index in [9.17, 15) is 4.79 Å². The maximum absolute atomic E-state index is 11.6. The molecule has 6 nitrogen and oxygen atoms in total. The van der Waals surface area contributed by atoms with E-state index in [1.807, 2.05) is 24.3 Å². The number of ether oxygens (including phenoxy) is 1. The van der Waals surface area contributed by atoms with Crippen LogP contribution in [0.3, 0.4) is 0 Å². The molecule has 2 heterocycles. The summed E-state index contributed by atoms with van der Waals surface area (Å²) in [6, 6.07) is 7.55. The maximum Gasteiger partial charge on any atom is 0.360 e. The molecule has 0 unspecified atom stereocenters. The zero-order chi connectivity index (χ0) is 16.9. The summed E-state index contributed by atoms with van der Waals surface area (Å²) in [6.45, 7) is 2.69. The number of thiazole rings is 1. The number of carbonyl (C=O) groups excluding carboxylic acids is 1. The van der Waals surface area contributed by atoms with Gasteiger partial charge in [-0.2, -0.15) is 0 Å². The Morgan fingerprint density at radius 1 is 1.38 bits per heavy atom. The molecule has 0 aliphatic rings. The van der Waals surface area contributed by atoms with Crippen LogP contribution in [0, 0.1) is 0 Å². The molecule has 0 atom stereocenters. The average molecular weight is 364 g/mol. The van der Waals surface area contributed by atoms with Gasteiger partial charge in [-0.1, -0.05) is 11.6 Å². The van der Waals surface area contributed by atoms with Crippen molar-refractivity contribution in [3.05, 3.63) is 51.8 Å². The summed E-state index contributed by atoms with van der Waals surface area (Å²) < 4.78 is 10.8. The van der Waals surface area contributed by atoms with E-state index in [-0.39, 0.29) is 5.69 Å². The van der Waals surface area contributed by atoms with E-state index >= 15 is 0 Å². The topological polar surface area (TPSA) is 77.2 Å². The molecular formula is C16H14ClN3O3S. The van der Waals surface area contributed by atoms with Crippen LogP contribution in [-0.2, 0) is 11.3 Å². The van der Waals surface area contributed by atoms with Gasteiger partial charge in [-0.05, 0) is 31.2 Å². The molecule has 0 saturated carbocycles. The predicted molar refractivity (Wildman–Crippen MR) is 92.3 cm³/mol. The summed E-state index contributed by atoms with van der Waals surface area (Å²) in [5.41, 5.74) is 1.88. The van der Waals surface area contributed by atoms with Gasteiger partial charge >= 0.3 is 5.97 Å². The van der Waals surface area contributed by atoms with E-state index in [0.29, 0.717) is 23.5 Å². The Labute approximate surface area is 147 Å². The van der Waals surface area contributed by atoms with Gasteiger partial charge in [-0.15, -0.1) is 11.3 Å². The van der Waals surface area contributed by atoms with Crippen molar-refractivity contribution in [2.24, 2.45) is 0 Å². The average Bonchev–Trinajstić information content (AvgIpc) is 3.23. The largest absolute Gasteiger partial charge is 0.461 e. The molecule has 2 aromatic heterocycles. The van der Waals surface area contributed by atoms with Crippen LogP contribution >= 0.6 is 22.9 Å². The lowest BCUT2D eigenvalue weighted by Crippen LogP contribution is -2.04. The van der Waals surface area contributed by atoms with Crippen molar-refractivity contribution in [1.82, 2.24) is 9.97 Å². The monoisotopic (exact) mass is 363 g/mol. The van der Waals surface area contributed by atoms with Crippen molar-refractivity contribution in [3.63, 3.8) is 0 Å². The third kappa shape index (κ3) is 3.93. The normalized spacial score (nSPS) is 10.6. The van der Waals surface area contributed by atoms with E-state index in [1.54, 1.807) is 13.1 Å². The van der Waals surface area contributed by atoms with E-state index in [0.717, 1.165) is 16.1 Å². The first-order valence-corrected chi connectivity index (χ1v) is 8.42. The first-order chi connectivity index (χ1) is 11.7. The minimum atomic E-state index is -0.492. The molecule has 0 fully saturated rings.